The minimum absolute atomic E-state index is 0.293. The third-order valence-corrected chi connectivity index (χ3v) is 5.00. The number of ether oxygens (including phenoxy) is 2. The van der Waals surface area contributed by atoms with Gasteiger partial charge in [0.05, 0.1) is 18.9 Å². The van der Waals surface area contributed by atoms with Gasteiger partial charge in [-0.3, -0.25) is 24.1 Å². The molecule has 1 aromatic carbocycles. The van der Waals surface area contributed by atoms with E-state index >= 15 is 0 Å². The summed E-state index contributed by atoms with van der Waals surface area (Å²) in [7, 11) is 1.52. The van der Waals surface area contributed by atoms with Gasteiger partial charge in [0.25, 0.3) is 0 Å². The number of fused-ring (bicyclic) bond motifs is 1. The molecule has 2 amide bonds. The van der Waals surface area contributed by atoms with Gasteiger partial charge in [0.1, 0.15) is 12.3 Å². The van der Waals surface area contributed by atoms with Crippen molar-refractivity contribution in [2.24, 2.45) is 11.8 Å². The summed E-state index contributed by atoms with van der Waals surface area (Å²) in [4.78, 5) is 49.7. The van der Waals surface area contributed by atoms with Crippen LogP contribution >= 0.6 is 0 Å². The van der Waals surface area contributed by atoms with Crippen LogP contribution in [0, 0.1) is 11.8 Å². The Morgan fingerprint density at radius 3 is 2.15 bits per heavy atom. The third-order valence-electron chi connectivity index (χ3n) is 5.00. The van der Waals surface area contributed by atoms with E-state index in [-0.39, 0.29) is 29.4 Å². The lowest BCUT2D eigenvalue weighted by molar-refractivity contribution is -0.152. The first-order valence-corrected chi connectivity index (χ1v) is 8.69. The van der Waals surface area contributed by atoms with Crippen LogP contribution in [0.1, 0.15) is 36.0 Å². The number of esters is 1. The van der Waals surface area contributed by atoms with Gasteiger partial charge in [-0.25, -0.2) is 0 Å². The van der Waals surface area contributed by atoms with E-state index in [1.54, 1.807) is 24.3 Å². The molecular weight excluding hydrogens is 338 g/mol. The van der Waals surface area contributed by atoms with E-state index in [1.807, 2.05) is 0 Å². The van der Waals surface area contributed by atoms with Gasteiger partial charge in [-0.15, -0.1) is 0 Å². The first kappa shape index (κ1) is 18.1. The fourth-order valence-electron chi connectivity index (χ4n) is 3.57. The van der Waals surface area contributed by atoms with E-state index in [0.29, 0.717) is 24.2 Å². The van der Waals surface area contributed by atoms with Gasteiger partial charge in [0, 0.05) is 5.56 Å². The highest BCUT2D eigenvalue weighted by Gasteiger charge is 2.48. The number of likely N-dealkylation sites (tertiary alicyclic amines) is 1. The maximum atomic E-state index is 12.3. The second-order valence-electron chi connectivity index (χ2n) is 6.57. The molecule has 0 bridgehead atoms. The van der Waals surface area contributed by atoms with Crippen LogP contribution < -0.4 is 4.74 Å². The molecule has 0 radical (unpaired) electrons. The Morgan fingerprint density at radius 1 is 1.04 bits per heavy atom. The van der Waals surface area contributed by atoms with Gasteiger partial charge >= 0.3 is 5.97 Å². The number of benzene rings is 1. The van der Waals surface area contributed by atoms with Crippen LogP contribution in [-0.4, -0.2) is 48.7 Å². The third kappa shape index (κ3) is 3.61. The first-order chi connectivity index (χ1) is 12.5. The second kappa shape index (κ2) is 7.68. The molecule has 0 N–H and O–H groups in total. The number of carbonyl (C=O) groups is 4. The smallest absolute Gasteiger partial charge is 0.326 e. The van der Waals surface area contributed by atoms with E-state index in [4.69, 9.17) is 9.47 Å². The number of nitrogens with zero attached hydrogens (tertiary/aromatic N) is 1. The molecule has 7 heteroatoms. The Morgan fingerprint density at radius 2 is 1.62 bits per heavy atom. The highest BCUT2D eigenvalue weighted by Crippen LogP contribution is 2.37. The largest absolute Gasteiger partial charge is 0.497 e. The maximum absolute atomic E-state index is 12.3. The molecule has 7 nitrogen and oxygen atoms in total. The van der Waals surface area contributed by atoms with Gasteiger partial charge in [-0.05, 0) is 37.1 Å². The molecule has 2 fully saturated rings. The van der Waals surface area contributed by atoms with Crippen molar-refractivity contribution in [2.75, 3.05) is 20.3 Å². The molecule has 1 aromatic rings. The Balaban J connectivity index is 1.53. The minimum atomic E-state index is -0.757. The summed E-state index contributed by atoms with van der Waals surface area (Å²) in [5.41, 5.74) is 0.387. The Hall–Kier alpha value is -2.70. The molecular formula is C19H21NO6. The molecule has 26 heavy (non-hydrogen) atoms. The van der Waals surface area contributed by atoms with E-state index in [1.165, 1.54) is 7.11 Å². The van der Waals surface area contributed by atoms with Crippen molar-refractivity contribution in [1.82, 2.24) is 4.90 Å². The summed E-state index contributed by atoms with van der Waals surface area (Å²) < 4.78 is 9.98. The van der Waals surface area contributed by atoms with Crippen LogP contribution in [0.3, 0.4) is 0 Å². The van der Waals surface area contributed by atoms with E-state index in [2.05, 4.69) is 0 Å². The topological polar surface area (TPSA) is 90.0 Å². The highest BCUT2D eigenvalue weighted by molar-refractivity contribution is 6.07. The fraction of sp³-hybridized carbons (Fsp3) is 0.474. The molecule has 3 rings (SSSR count). The molecule has 2 aliphatic rings. The predicted molar refractivity (Wildman–Crippen MR) is 90.5 cm³/mol. The standard InChI is InChI=1S/C19H21NO6/c1-25-13-8-6-12(7-9-13)16(21)11-26-17(22)10-20-18(23)14-4-2-3-5-15(14)19(20)24/h6-9,14-15H,2-5,10-11H2,1H3/t14-,15+. The van der Waals surface area contributed by atoms with Crippen molar-refractivity contribution in [3.8, 4) is 5.75 Å². The molecule has 2 atom stereocenters. The van der Waals surface area contributed by atoms with Gasteiger partial charge < -0.3 is 9.47 Å². The van der Waals surface area contributed by atoms with Crippen molar-refractivity contribution in [3.05, 3.63) is 29.8 Å². The zero-order chi connectivity index (χ0) is 18.7. The van der Waals surface area contributed by atoms with Crippen LogP contribution in [0.25, 0.3) is 0 Å². The average molecular weight is 359 g/mol. The number of imide groups is 1. The molecule has 1 saturated carbocycles. The van der Waals surface area contributed by atoms with Gasteiger partial charge in [0.15, 0.2) is 12.4 Å². The molecule has 1 heterocycles. The van der Waals surface area contributed by atoms with Crippen molar-refractivity contribution in [2.45, 2.75) is 25.7 Å². The Bertz CT molecular complexity index is 702. The summed E-state index contributed by atoms with van der Waals surface area (Å²) in [6, 6.07) is 6.43. The summed E-state index contributed by atoms with van der Waals surface area (Å²) >= 11 is 0. The zero-order valence-electron chi connectivity index (χ0n) is 14.6. The zero-order valence-corrected chi connectivity index (χ0v) is 14.6. The number of amides is 2. The van der Waals surface area contributed by atoms with Crippen molar-refractivity contribution in [3.63, 3.8) is 0 Å². The number of rotatable bonds is 6. The quantitative estimate of drug-likeness (QED) is 0.435. The average Bonchev–Trinajstić information content (AvgIpc) is 2.91. The van der Waals surface area contributed by atoms with Crippen molar-refractivity contribution in [1.29, 1.82) is 0 Å². The van der Waals surface area contributed by atoms with Crippen molar-refractivity contribution < 1.29 is 28.7 Å². The number of hydrogen-bond donors (Lipinski definition) is 0. The number of Topliss-reactive ketones (excluding diaryl/α,β-unsaturated/α-hetero) is 1. The first-order valence-electron chi connectivity index (χ1n) is 8.69. The van der Waals surface area contributed by atoms with Crippen LogP contribution in [0.5, 0.6) is 5.75 Å². The van der Waals surface area contributed by atoms with E-state index in [9.17, 15) is 19.2 Å². The summed E-state index contributed by atoms with van der Waals surface area (Å²) in [5, 5.41) is 0. The fourth-order valence-corrected chi connectivity index (χ4v) is 3.57. The molecule has 138 valence electrons. The molecule has 0 unspecified atom stereocenters. The number of carbonyl (C=O) groups excluding carboxylic acids is 4. The van der Waals surface area contributed by atoms with Gasteiger partial charge in [-0.1, -0.05) is 12.8 Å². The molecule has 1 aliphatic heterocycles. The van der Waals surface area contributed by atoms with Crippen molar-refractivity contribution >= 4 is 23.6 Å². The number of ketones is 1. The Kier molecular flexibility index (Phi) is 5.35. The lowest BCUT2D eigenvalue weighted by Gasteiger charge is -2.19. The summed E-state index contributed by atoms with van der Waals surface area (Å²) in [6.07, 6.45) is 3.23. The summed E-state index contributed by atoms with van der Waals surface area (Å²) in [5.74, 6) is -1.70. The minimum Gasteiger partial charge on any atom is -0.497 e. The van der Waals surface area contributed by atoms with Crippen LogP contribution in [0.2, 0.25) is 0 Å². The molecule has 0 aromatic heterocycles. The lowest BCUT2D eigenvalue weighted by Crippen LogP contribution is -2.37. The van der Waals surface area contributed by atoms with Crippen LogP contribution in [-0.2, 0) is 19.1 Å². The predicted octanol–water partition coefficient (Wildman–Crippen LogP) is 1.60. The van der Waals surface area contributed by atoms with Gasteiger partial charge in [-0.2, -0.15) is 0 Å². The molecule has 1 saturated heterocycles. The normalized spacial score (nSPS) is 22.1. The monoisotopic (exact) mass is 359 g/mol. The van der Waals surface area contributed by atoms with Crippen LogP contribution in [0.15, 0.2) is 24.3 Å². The Labute approximate surface area is 151 Å². The highest BCUT2D eigenvalue weighted by atomic mass is 16.5. The number of methoxy groups -OCH3 is 1. The van der Waals surface area contributed by atoms with E-state index in [0.717, 1.165) is 17.7 Å². The number of hydrogen-bond acceptors (Lipinski definition) is 6. The maximum Gasteiger partial charge on any atom is 0.326 e. The van der Waals surface area contributed by atoms with E-state index < -0.39 is 19.1 Å². The van der Waals surface area contributed by atoms with Crippen LogP contribution in [0.4, 0.5) is 0 Å². The molecule has 1 aliphatic carbocycles. The van der Waals surface area contributed by atoms with Gasteiger partial charge in [0.2, 0.25) is 11.8 Å². The molecule has 0 spiro atoms. The SMILES string of the molecule is COc1ccc(C(=O)COC(=O)CN2C(=O)[C@H]3CCCC[C@H]3C2=O)cc1. The lowest BCUT2D eigenvalue weighted by atomic mass is 9.81. The summed E-state index contributed by atoms with van der Waals surface area (Å²) in [6.45, 7) is -0.866. The second-order valence-corrected chi connectivity index (χ2v) is 6.57.